The van der Waals surface area contributed by atoms with Crippen molar-refractivity contribution in [2.45, 2.75) is 39.8 Å². The maximum atomic E-state index is 10.4. The van der Waals surface area contributed by atoms with Crippen LogP contribution in [-0.2, 0) is 0 Å². The molecule has 102 valence electrons. The molecule has 18 heavy (non-hydrogen) atoms. The van der Waals surface area contributed by atoms with Crippen LogP contribution in [-0.4, -0.2) is 35.7 Å². The van der Waals surface area contributed by atoms with Gasteiger partial charge in [-0.05, 0) is 44.6 Å². The number of aliphatic hydroxyl groups is 1. The second kappa shape index (κ2) is 7.39. The summed E-state index contributed by atoms with van der Waals surface area (Å²) in [5, 5.41) is 10.4. The summed E-state index contributed by atoms with van der Waals surface area (Å²) < 4.78 is 5.40. The van der Waals surface area contributed by atoms with Crippen LogP contribution < -0.4 is 4.74 Å². The predicted octanol–water partition coefficient (Wildman–Crippen LogP) is 2.85. The van der Waals surface area contributed by atoms with Crippen LogP contribution in [0.1, 0.15) is 39.4 Å². The first kappa shape index (κ1) is 15.0. The highest BCUT2D eigenvalue weighted by molar-refractivity contribution is 5.29. The third kappa shape index (κ3) is 3.72. The first-order chi connectivity index (χ1) is 8.63. The Balaban J connectivity index is 2.73. The van der Waals surface area contributed by atoms with Crippen LogP contribution in [0.3, 0.4) is 0 Å². The lowest BCUT2D eigenvalue weighted by molar-refractivity contribution is 0.0638. The minimum Gasteiger partial charge on any atom is -0.494 e. The molecule has 0 aromatic heterocycles. The molecule has 0 unspecified atom stereocenters. The van der Waals surface area contributed by atoms with E-state index < -0.39 is 6.10 Å². The van der Waals surface area contributed by atoms with Gasteiger partial charge >= 0.3 is 0 Å². The fraction of sp³-hybridized carbons (Fsp3) is 0.600. The van der Waals surface area contributed by atoms with E-state index in [-0.39, 0.29) is 6.04 Å². The highest BCUT2D eigenvalue weighted by Crippen LogP contribution is 2.23. The van der Waals surface area contributed by atoms with Crippen LogP contribution in [0.5, 0.6) is 5.75 Å². The molecule has 1 aromatic rings. The number of likely N-dealkylation sites (N-methyl/N-ethyl adjacent to an activating group) is 1. The van der Waals surface area contributed by atoms with Gasteiger partial charge in [0.15, 0.2) is 0 Å². The van der Waals surface area contributed by atoms with Crippen molar-refractivity contribution in [2.24, 2.45) is 0 Å². The second-order valence-electron chi connectivity index (χ2n) is 4.41. The van der Waals surface area contributed by atoms with Crippen LogP contribution in [0.4, 0.5) is 0 Å². The summed E-state index contributed by atoms with van der Waals surface area (Å²) in [5.41, 5.74) is 0.942. The molecule has 0 saturated heterocycles. The van der Waals surface area contributed by atoms with Gasteiger partial charge in [0.25, 0.3) is 0 Å². The molecule has 1 aromatic carbocycles. The van der Waals surface area contributed by atoms with Gasteiger partial charge in [-0.15, -0.1) is 0 Å². The molecule has 0 heterocycles. The van der Waals surface area contributed by atoms with E-state index in [2.05, 4.69) is 25.7 Å². The number of ether oxygens (including phenoxy) is 1. The summed E-state index contributed by atoms with van der Waals surface area (Å²) in [6, 6.07) is 7.83. The monoisotopic (exact) mass is 251 g/mol. The highest BCUT2D eigenvalue weighted by atomic mass is 16.5. The fourth-order valence-electron chi connectivity index (χ4n) is 2.21. The molecule has 0 fully saturated rings. The van der Waals surface area contributed by atoms with Crippen molar-refractivity contribution in [3.8, 4) is 5.75 Å². The van der Waals surface area contributed by atoms with E-state index in [9.17, 15) is 5.11 Å². The van der Waals surface area contributed by atoms with Crippen LogP contribution in [0.2, 0.25) is 0 Å². The van der Waals surface area contributed by atoms with Gasteiger partial charge in [0.2, 0.25) is 0 Å². The molecule has 1 rings (SSSR count). The maximum absolute atomic E-state index is 10.4. The van der Waals surface area contributed by atoms with Gasteiger partial charge < -0.3 is 9.84 Å². The molecule has 0 saturated carbocycles. The number of nitrogens with zero attached hydrogens (tertiary/aromatic N) is 1. The average Bonchev–Trinajstić information content (AvgIpc) is 2.40. The molecule has 0 spiro atoms. The lowest BCUT2D eigenvalue weighted by Gasteiger charge is -2.30. The Hall–Kier alpha value is -1.06. The number of hydrogen-bond acceptors (Lipinski definition) is 3. The van der Waals surface area contributed by atoms with Crippen LogP contribution in [0.15, 0.2) is 24.3 Å². The van der Waals surface area contributed by atoms with Gasteiger partial charge in [-0.1, -0.05) is 26.0 Å². The van der Waals surface area contributed by atoms with Crippen molar-refractivity contribution in [3.05, 3.63) is 29.8 Å². The summed E-state index contributed by atoms with van der Waals surface area (Å²) in [6.45, 7) is 10.8. The molecule has 0 bridgehead atoms. The van der Waals surface area contributed by atoms with E-state index in [1.165, 1.54) is 0 Å². The zero-order valence-corrected chi connectivity index (χ0v) is 11.9. The van der Waals surface area contributed by atoms with E-state index in [1.54, 1.807) is 0 Å². The first-order valence-electron chi connectivity index (χ1n) is 6.78. The quantitative estimate of drug-likeness (QED) is 0.809. The second-order valence-corrected chi connectivity index (χ2v) is 4.41. The van der Waals surface area contributed by atoms with Crippen LogP contribution in [0, 0.1) is 0 Å². The molecule has 0 aliphatic rings. The number of hydrogen-bond donors (Lipinski definition) is 1. The zero-order chi connectivity index (χ0) is 13.5. The minimum absolute atomic E-state index is 0.123. The van der Waals surface area contributed by atoms with E-state index in [1.807, 2.05) is 31.2 Å². The van der Waals surface area contributed by atoms with Crippen molar-refractivity contribution in [2.75, 3.05) is 19.7 Å². The van der Waals surface area contributed by atoms with E-state index in [0.29, 0.717) is 6.61 Å². The van der Waals surface area contributed by atoms with Crippen molar-refractivity contribution in [1.82, 2.24) is 4.90 Å². The molecule has 0 amide bonds. The fourth-order valence-corrected chi connectivity index (χ4v) is 2.21. The Kier molecular flexibility index (Phi) is 6.16. The predicted molar refractivity (Wildman–Crippen MR) is 75.0 cm³/mol. The number of rotatable bonds is 7. The number of benzene rings is 1. The molecule has 3 nitrogen and oxygen atoms in total. The SMILES string of the molecule is CCOc1ccc([C@H](O)[C@H](C)N(CC)CC)cc1. The van der Waals surface area contributed by atoms with Crippen molar-refractivity contribution in [1.29, 1.82) is 0 Å². The largest absolute Gasteiger partial charge is 0.494 e. The third-order valence-electron chi connectivity index (χ3n) is 3.38. The average molecular weight is 251 g/mol. The summed E-state index contributed by atoms with van der Waals surface area (Å²) in [4.78, 5) is 2.25. The van der Waals surface area contributed by atoms with Crippen LogP contribution in [0.25, 0.3) is 0 Å². The molecule has 0 radical (unpaired) electrons. The van der Waals surface area contributed by atoms with Gasteiger partial charge in [0.05, 0.1) is 12.7 Å². The molecule has 3 heteroatoms. The molecular formula is C15H25NO2. The van der Waals surface area contributed by atoms with E-state index in [4.69, 9.17) is 4.74 Å². The van der Waals surface area contributed by atoms with Crippen LogP contribution >= 0.6 is 0 Å². The zero-order valence-electron chi connectivity index (χ0n) is 11.9. The first-order valence-corrected chi connectivity index (χ1v) is 6.78. The minimum atomic E-state index is -0.458. The Morgan fingerprint density at radius 2 is 1.67 bits per heavy atom. The number of aliphatic hydroxyl groups excluding tert-OH is 1. The lowest BCUT2D eigenvalue weighted by atomic mass is 10.0. The van der Waals surface area contributed by atoms with E-state index >= 15 is 0 Å². The Bertz CT molecular complexity index is 333. The topological polar surface area (TPSA) is 32.7 Å². The highest BCUT2D eigenvalue weighted by Gasteiger charge is 2.20. The molecule has 1 N–H and O–H groups in total. The molecule has 0 aliphatic carbocycles. The molecule has 0 aliphatic heterocycles. The maximum Gasteiger partial charge on any atom is 0.119 e. The van der Waals surface area contributed by atoms with Gasteiger partial charge in [-0.3, -0.25) is 4.90 Å². The lowest BCUT2D eigenvalue weighted by Crippen LogP contribution is -2.37. The van der Waals surface area contributed by atoms with Gasteiger partial charge in [-0.25, -0.2) is 0 Å². The summed E-state index contributed by atoms with van der Waals surface area (Å²) in [6.07, 6.45) is -0.458. The van der Waals surface area contributed by atoms with Crippen molar-refractivity contribution < 1.29 is 9.84 Å². The van der Waals surface area contributed by atoms with E-state index in [0.717, 1.165) is 24.4 Å². The molecule has 2 atom stereocenters. The standard InChI is InChI=1S/C15H25NO2/c1-5-16(6-2)12(4)15(17)13-8-10-14(11-9-13)18-7-3/h8-12,15,17H,5-7H2,1-4H3/t12-,15+/m0/s1. The van der Waals surface area contributed by atoms with Gasteiger partial charge in [0, 0.05) is 6.04 Å². The third-order valence-corrected chi connectivity index (χ3v) is 3.38. The van der Waals surface area contributed by atoms with Crippen molar-refractivity contribution in [3.63, 3.8) is 0 Å². The Morgan fingerprint density at radius 1 is 1.11 bits per heavy atom. The normalized spacial score (nSPS) is 14.6. The Morgan fingerprint density at radius 3 is 2.11 bits per heavy atom. The smallest absolute Gasteiger partial charge is 0.119 e. The summed E-state index contributed by atoms with van der Waals surface area (Å²) in [7, 11) is 0. The summed E-state index contributed by atoms with van der Waals surface area (Å²) >= 11 is 0. The van der Waals surface area contributed by atoms with Gasteiger partial charge in [0.1, 0.15) is 5.75 Å². The molecular weight excluding hydrogens is 226 g/mol. The van der Waals surface area contributed by atoms with Crippen molar-refractivity contribution >= 4 is 0 Å². The van der Waals surface area contributed by atoms with Gasteiger partial charge in [-0.2, -0.15) is 0 Å². The Labute approximate surface area is 110 Å². The summed E-state index contributed by atoms with van der Waals surface area (Å²) in [5.74, 6) is 0.851.